The fourth-order valence-electron chi connectivity index (χ4n) is 3.27. The Labute approximate surface area is 172 Å². The summed E-state index contributed by atoms with van der Waals surface area (Å²) in [4.78, 5) is 39.3. The van der Waals surface area contributed by atoms with Gasteiger partial charge in [-0.15, -0.1) is 0 Å². The Morgan fingerprint density at radius 3 is 2.43 bits per heavy atom. The second-order valence-corrected chi connectivity index (χ2v) is 8.73. The van der Waals surface area contributed by atoms with E-state index in [1.54, 1.807) is 26.8 Å². The molecule has 0 saturated heterocycles. The summed E-state index contributed by atoms with van der Waals surface area (Å²) in [5.74, 6) is -0.407. The molecule has 0 aliphatic heterocycles. The summed E-state index contributed by atoms with van der Waals surface area (Å²) in [6.07, 6.45) is -0.556. The summed E-state index contributed by atoms with van der Waals surface area (Å²) in [7, 11) is 1.40. The van der Waals surface area contributed by atoms with Crippen molar-refractivity contribution in [3.8, 4) is 0 Å². The number of ketones is 2. The number of methoxy groups -OCH3 is 1. The van der Waals surface area contributed by atoms with Crippen LogP contribution in [-0.2, 0) is 19.1 Å². The van der Waals surface area contributed by atoms with E-state index < -0.39 is 23.2 Å². The van der Waals surface area contributed by atoms with Crippen LogP contribution in [0, 0.1) is 5.41 Å². The van der Waals surface area contributed by atoms with Crippen molar-refractivity contribution in [1.82, 2.24) is 4.90 Å². The third-order valence-electron chi connectivity index (χ3n) is 4.53. The number of rotatable bonds is 7. The maximum Gasteiger partial charge on any atom is 0.412 e. The number of halogens is 1. The Balaban J connectivity index is 2.31. The molecular weight excluding hydrogens is 434 g/mol. The standard InChI is InChI=1S/C19H26BrNO7/c1-18(2,3)28-17(25)21(11-26-4)10-19(14(23)5-6-15(19)24)9-13(22)16-12(20)7-8-27-16/h7-8,13,22H,5-6,9-11H2,1-4H3/t13-/m1/s1. The second-order valence-electron chi connectivity index (χ2n) is 7.88. The van der Waals surface area contributed by atoms with Gasteiger partial charge in [-0.2, -0.15) is 0 Å². The fraction of sp³-hybridized carbons (Fsp3) is 0.632. The minimum atomic E-state index is -1.54. The first-order valence-corrected chi connectivity index (χ1v) is 9.74. The number of nitrogens with zero attached hydrogens (tertiary/aromatic N) is 1. The average molecular weight is 460 g/mol. The van der Waals surface area contributed by atoms with Crippen LogP contribution in [0.25, 0.3) is 0 Å². The number of aliphatic hydroxyl groups is 1. The third-order valence-corrected chi connectivity index (χ3v) is 5.19. The normalized spacial score (nSPS) is 17.6. The van der Waals surface area contributed by atoms with Crippen molar-refractivity contribution in [2.24, 2.45) is 5.41 Å². The van der Waals surface area contributed by atoms with Crippen LogP contribution in [0.15, 0.2) is 21.2 Å². The second kappa shape index (κ2) is 8.75. The molecule has 1 atom stereocenters. The van der Waals surface area contributed by atoms with Crippen LogP contribution in [0.3, 0.4) is 0 Å². The highest BCUT2D eigenvalue weighted by molar-refractivity contribution is 9.10. The molecule has 156 valence electrons. The molecule has 1 heterocycles. The molecule has 0 unspecified atom stereocenters. The lowest BCUT2D eigenvalue weighted by Crippen LogP contribution is -2.49. The molecule has 0 bridgehead atoms. The highest BCUT2D eigenvalue weighted by Crippen LogP contribution is 2.42. The van der Waals surface area contributed by atoms with E-state index in [2.05, 4.69) is 15.9 Å². The number of furan rings is 1. The summed E-state index contributed by atoms with van der Waals surface area (Å²) < 4.78 is 16.3. The maximum atomic E-state index is 12.8. The Kier molecular flexibility index (Phi) is 7.06. The lowest BCUT2D eigenvalue weighted by molar-refractivity contribution is -0.139. The lowest BCUT2D eigenvalue weighted by atomic mass is 9.78. The van der Waals surface area contributed by atoms with Crippen molar-refractivity contribution in [2.45, 2.75) is 51.7 Å². The Morgan fingerprint density at radius 1 is 1.36 bits per heavy atom. The van der Waals surface area contributed by atoms with E-state index in [4.69, 9.17) is 13.9 Å². The van der Waals surface area contributed by atoms with E-state index in [1.165, 1.54) is 18.3 Å². The van der Waals surface area contributed by atoms with Crippen molar-refractivity contribution in [2.75, 3.05) is 20.4 Å². The maximum absolute atomic E-state index is 12.8. The first-order valence-electron chi connectivity index (χ1n) is 8.94. The van der Waals surface area contributed by atoms with Gasteiger partial charge in [0.1, 0.15) is 41.2 Å². The van der Waals surface area contributed by atoms with Crippen LogP contribution in [0.5, 0.6) is 0 Å². The molecule has 1 aromatic heterocycles. The first kappa shape index (κ1) is 22.6. The van der Waals surface area contributed by atoms with Gasteiger partial charge in [0.25, 0.3) is 0 Å². The van der Waals surface area contributed by atoms with Gasteiger partial charge in [-0.3, -0.25) is 14.5 Å². The molecule has 1 fully saturated rings. The van der Waals surface area contributed by atoms with Crippen LogP contribution in [-0.4, -0.2) is 53.7 Å². The van der Waals surface area contributed by atoms with Crippen LogP contribution in [0.4, 0.5) is 4.79 Å². The zero-order valence-corrected chi connectivity index (χ0v) is 18.1. The Bertz CT molecular complexity index is 721. The molecule has 1 aliphatic rings. The molecule has 1 aromatic rings. The number of carbonyl (C=O) groups is 3. The van der Waals surface area contributed by atoms with E-state index in [0.717, 1.165) is 0 Å². The molecule has 9 heteroatoms. The van der Waals surface area contributed by atoms with Crippen molar-refractivity contribution in [3.63, 3.8) is 0 Å². The highest BCUT2D eigenvalue weighted by Gasteiger charge is 2.52. The van der Waals surface area contributed by atoms with Crippen LogP contribution >= 0.6 is 15.9 Å². The molecule has 8 nitrogen and oxygen atoms in total. The van der Waals surface area contributed by atoms with E-state index >= 15 is 0 Å². The number of carbonyl (C=O) groups excluding carboxylic acids is 3. The minimum Gasteiger partial charge on any atom is -0.465 e. The number of aliphatic hydroxyl groups excluding tert-OH is 1. The molecule has 2 rings (SSSR count). The number of hydrogen-bond donors (Lipinski definition) is 1. The minimum absolute atomic E-state index is 0.0695. The van der Waals surface area contributed by atoms with Gasteiger partial charge >= 0.3 is 6.09 Å². The van der Waals surface area contributed by atoms with Gasteiger partial charge in [0, 0.05) is 32.9 Å². The zero-order valence-electron chi connectivity index (χ0n) is 16.5. The largest absolute Gasteiger partial charge is 0.465 e. The van der Waals surface area contributed by atoms with Crippen LogP contribution in [0.1, 0.15) is 51.9 Å². The average Bonchev–Trinajstić information content (AvgIpc) is 3.12. The fourth-order valence-corrected chi connectivity index (χ4v) is 3.73. The summed E-state index contributed by atoms with van der Waals surface area (Å²) in [5.41, 5.74) is -2.29. The quantitative estimate of drug-likeness (QED) is 0.492. The SMILES string of the molecule is COCN(CC1(C[C@@H](O)c2occc2Br)C(=O)CCC1=O)C(=O)OC(C)(C)C. The highest BCUT2D eigenvalue weighted by atomic mass is 79.9. The molecule has 1 aliphatic carbocycles. The number of ether oxygens (including phenoxy) is 2. The van der Waals surface area contributed by atoms with Gasteiger partial charge in [0.05, 0.1) is 10.7 Å². The van der Waals surface area contributed by atoms with Crippen molar-refractivity contribution in [3.05, 3.63) is 22.6 Å². The topological polar surface area (TPSA) is 106 Å². The predicted molar refractivity (Wildman–Crippen MR) is 102 cm³/mol. The smallest absolute Gasteiger partial charge is 0.412 e. The number of Topliss-reactive ketones (excluding diaryl/α,β-unsaturated/α-hetero) is 2. The molecule has 0 aromatic carbocycles. The van der Waals surface area contributed by atoms with E-state index in [1.807, 2.05) is 0 Å². The van der Waals surface area contributed by atoms with Gasteiger partial charge in [-0.05, 0) is 42.8 Å². The molecule has 0 radical (unpaired) electrons. The zero-order chi connectivity index (χ0) is 21.1. The van der Waals surface area contributed by atoms with Gasteiger partial charge in [-0.1, -0.05) is 0 Å². The van der Waals surface area contributed by atoms with Crippen LogP contribution < -0.4 is 0 Å². The molecule has 1 N–H and O–H groups in total. The van der Waals surface area contributed by atoms with Crippen molar-refractivity contribution >= 4 is 33.6 Å². The lowest BCUT2D eigenvalue weighted by Gasteiger charge is -2.34. The van der Waals surface area contributed by atoms with Crippen molar-refractivity contribution in [1.29, 1.82) is 0 Å². The summed E-state index contributed by atoms with van der Waals surface area (Å²) in [6, 6.07) is 1.61. The van der Waals surface area contributed by atoms with Crippen LogP contribution in [0.2, 0.25) is 0 Å². The monoisotopic (exact) mass is 459 g/mol. The van der Waals surface area contributed by atoms with E-state index in [9.17, 15) is 19.5 Å². The van der Waals surface area contributed by atoms with Gasteiger partial charge in [0.15, 0.2) is 0 Å². The van der Waals surface area contributed by atoms with E-state index in [0.29, 0.717) is 4.47 Å². The molecule has 0 spiro atoms. The molecule has 28 heavy (non-hydrogen) atoms. The molecule has 1 amide bonds. The predicted octanol–water partition coefficient (Wildman–Crippen LogP) is 3.23. The summed E-state index contributed by atoms with van der Waals surface area (Å²) >= 11 is 3.27. The van der Waals surface area contributed by atoms with E-state index in [-0.39, 0.29) is 49.9 Å². The number of amides is 1. The summed E-state index contributed by atoms with van der Waals surface area (Å²) in [5, 5.41) is 10.6. The van der Waals surface area contributed by atoms with Crippen molar-refractivity contribution < 1.29 is 33.4 Å². The number of hydrogen-bond acceptors (Lipinski definition) is 7. The Hall–Kier alpha value is -1.71. The van der Waals surface area contributed by atoms with Gasteiger partial charge in [-0.25, -0.2) is 4.79 Å². The first-order chi connectivity index (χ1) is 13.0. The molecule has 1 saturated carbocycles. The summed E-state index contributed by atoms with van der Waals surface area (Å²) in [6.45, 7) is 4.77. The third kappa shape index (κ3) is 5.01. The van der Waals surface area contributed by atoms with Gasteiger partial charge in [0.2, 0.25) is 0 Å². The Morgan fingerprint density at radius 2 is 1.96 bits per heavy atom. The van der Waals surface area contributed by atoms with Gasteiger partial charge < -0.3 is 19.0 Å². The molecular formula is C19H26BrNO7.